The van der Waals surface area contributed by atoms with Crippen LogP contribution in [0.15, 0.2) is 30.4 Å². The van der Waals surface area contributed by atoms with E-state index in [1.54, 1.807) is 11.1 Å². The quantitative estimate of drug-likeness (QED) is 0.597. The Hall–Kier alpha value is -1.12. The number of benzene rings is 1. The van der Waals surface area contributed by atoms with Gasteiger partial charge >= 0.3 is 0 Å². The van der Waals surface area contributed by atoms with Crippen molar-refractivity contribution in [2.24, 2.45) is 11.7 Å². The predicted molar refractivity (Wildman–Crippen MR) is 101 cm³/mol. The minimum Gasteiger partial charge on any atom is -0.394 e. The lowest BCUT2D eigenvalue weighted by Crippen LogP contribution is -2.40. The molecule has 1 aromatic carbocycles. The molecule has 0 saturated heterocycles. The second kappa shape index (κ2) is 7.84. The van der Waals surface area contributed by atoms with Gasteiger partial charge in [-0.15, -0.1) is 0 Å². The molecule has 0 radical (unpaired) electrons. The van der Waals surface area contributed by atoms with Crippen LogP contribution in [0.4, 0.5) is 0 Å². The molecule has 0 bridgehead atoms. The minimum atomic E-state index is -0.349. The Bertz CT molecular complexity index is 579. The maximum atomic E-state index is 9.49. The van der Waals surface area contributed by atoms with Crippen LogP contribution in [-0.4, -0.2) is 17.3 Å². The van der Waals surface area contributed by atoms with Crippen molar-refractivity contribution >= 4 is 0 Å². The molecule has 2 nitrogen and oxygen atoms in total. The topological polar surface area (TPSA) is 46.2 Å². The summed E-state index contributed by atoms with van der Waals surface area (Å²) in [6.07, 6.45) is 15.2. The Kier molecular flexibility index (Phi) is 5.78. The van der Waals surface area contributed by atoms with Gasteiger partial charge in [-0.3, -0.25) is 0 Å². The van der Waals surface area contributed by atoms with Crippen LogP contribution >= 0.6 is 0 Å². The molecular formula is C22H33NO. The monoisotopic (exact) mass is 327 g/mol. The number of allylic oxidation sites excluding steroid dienone is 2. The van der Waals surface area contributed by atoms with E-state index in [4.69, 9.17) is 5.73 Å². The zero-order chi connectivity index (χ0) is 17.0. The van der Waals surface area contributed by atoms with Crippen molar-refractivity contribution in [3.05, 3.63) is 47.0 Å². The summed E-state index contributed by atoms with van der Waals surface area (Å²) in [5.41, 5.74) is 10.5. The lowest BCUT2D eigenvalue weighted by molar-refractivity contribution is 0.198. The molecule has 132 valence electrons. The maximum absolute atomic E-state index is 9.49. The third-order valence-corrected chi connectivity index (χ3v) is 6.21. The van der Waals surface area contributed by atoms with Crippen molar-refractivity contribution in [3.8, 4) is 0 Å². The first-order valence-electron chi connectivity index (χ1n) is 9.76. The van der Waals surface area contributed by atoms with Crippen molar-refractivity contribution in [3.63, 3.8) is 0 Å². The van der Waals surface area contributed by atoms with Crippen LogP contribution in [0.1, 0.15) is 74.5 Å². The molecule has 1 unspecified atom stereocenters. The average Bonchev–Trinajstić information content (AvgIpc) is 3.01. The third-order valence-electron chi connectivity index (χ3n) is 6.21. The highest BCUT2D eigenvalue weighted by molar-refractivity contribution is 5.36. The lowest BCUT2D eigenvalue weighted by atomic mass is 9.79. The zero-order valence-electron chi connectivity index (χ0n) is 15.1. The molecule has 3 N–H and O–H groups in total. The first-order valence-corrected chi connectivity index (χ1v) is 9.76. The fourth-order valence-electron chi connectivity index (χ4n) is 4.63. The van der Waals surface area contributed by atoms with Gasteiger partial charge in [0.15, 0.2) is 0 Å². The van der Waals surface area contributed by atoms with Crippen LogP contribution in [0.25, 0.3) is 0 Å². The SMILES string of the molecule is C/C=C\CCCC1CCc2cc([C@H]3CC[C@](N)(CO)C3)ccc2C1. The molecule has 0 amide bonds. The van der Waals surface area contributed by atoms with E-state index >= 15 is 0 Å². The fourth-order valence-corrected chi connectivity index (χ4v) is 4.63. The van der Waals surface area contributed by atoms with E-state index in [9.17, 15) is 5.11 Å². The number of nitrogens with two attached hydrogens (primary N) is 1. The van der Waals surface area contributed by atoms with Crippen molar-refractivity contribution in [1.29, 1.82) is 0 Å². The summed E-state index contributed by atoms with van der Waals surface area (Å²) >= 11 is 0. The number of fused-ring (bicyclic) bond motifs is 1. The van der Waals surface area contributed by atoms with Crippen molar-refractivity contribution in [2.75, 3.05) is 6.61 Å². The Balaban J connectivity index is 1.60. The van der Waals surface area contributed by atoms with Gasteiger partial charge in [0, 0.05) is 5.54 Å². The number of aliphatic hydroxyl groups excluding tert-OH is 1. The third kappa shape index (κ3) is 4.10. The molecule has 2 aliphatic carbocycles. The van der Waals surface area contributed by atoms with Gasteiger partial charge in [-0.2, -0.15) is 0 Å². The number of aryl methyl sites for hydroxylation is 1. The van der Waals surface area contributed by atoms with E-state index in [1.807, 2.05) is 0 Å². The molecule has 0 aliphatic heterocycles. The van der Waals surface area contributed by atoms with Gasteiger partial charge < -0.3 is 10.8 Å². The van der Waals surface area contributed by atoms with Crippen molar-refractivity contribution in [1.82, 2.24) is 0 Å². The molecule has 24 heavy (non-hydrogen) atoms. The van der Waals surface area contributed by atoms with Crippen LogP contribution in [0.3, 0.4) is 0 Å². The second-order valence-corrected chi connectivity index (χ2v) is 8.10. The van der Waals surface area contributed by atoms with Crippen LogP contribution < -0.4 is 5.73 Å². The van der Waals surface area contributed by atoms with E-state index in [0.29, 0.717) is 5.92 Å². The Labute approximate surface area is 147 Å². The summed E-state index contributed by atoms with van der Waals surface area (Å²) in [6, 6.07) is 7.15. The fraction of sp³-hybridized carbons (Fsp3) is 0.636. The highest BCUT2D eigenvalue weighted by atomic mass is 16.3. The molecule has 1 aromatic rings. The molecule has 2 aliphatic rings. The van der Waals surface area contributed by atoms with Gasteiger partial charge in [-0.25, -0.2) is 0 Å². The Morgan fingerprint density at radius 3 is 2.92 bits per heavy atom. The standard InChI is InChI=1S/C22H33NO/c1-2-3-4-5-6-17-7-8-19-14-20(10-9-18(19)13-17)21-11-12-22(23,15-21)16-24/h2-3,9-10,14,17,21,24H,4-8,11-13,15-16,23H2,1H3/b3-2-/t17?,21-,22+/m0/s1. The van der Waals surface area contributed by atoms with Crippen molar-refractivity contribution in [2.45, 2.75) is 76.2 Å². The van der Waals surface area contributed by atoms with Gasteiger partial charge in [-0.05, 0) is 93.2 Å². The summed E-state index contributed by atoms with van der Waals surface area (Å²) in [6.45, 7) is 2.22. The highest BCUT2D eigenvalue weighted by Gasteiger charge is 2.36. The molecule has 3 rings (SSSR count). The lowest BCUT2D eigenvalue weighted by Gasteiger charge is -2.26. The number of aliphatic hydroxyl groups is 1. The van der Waals surface area contributed by atoms with E-state index in [1.165, 1.54) is 44.1 Å². The van der Waals surface area contributed by atoms with Gasteiger partial charge in [0.05, 0.1) is 6.61 Å². The number of hydrogen-bond donors (Lipinski definition) is 2. The summed E-state index contributed by atoms with van der Waals surface area (Å²) in [7, 11) is 0. The van der Waals surface area contributed by atoms with Gasteiger partial charge in [0.2, 0.25) is 0 Å². The molecule has 1 saturated carbocycles. The number of hydrogen-bond acceptors (Lipinski definition) is 2. The zero-order valence-corrected chi connectivity index (χ0v) is 15.1. The molecule has 0 heterocycles. The van der Waals surface area contributed by atoms with Crippen LogP contribution in [0.5, 0.6) is 0 Å². The number of unbranched alkanes of at least 4 members (excludes halogenated alkanes) is 1. The van der Waals surface area contributed by atoms with Crippen LogP contribution in [0, 0.1) is 5.92 Å². The van der Waals surface area contributed by atoms with E-state index < -0.39 is 0 Å². The highest BCUT2D eigenvalue weighted by Crippen LogP contribution is 2.40. The maximum Gasteiger partial charge on any atom is 0.0611 e. The summed E-state index contributed by atoms with van der Waals surface area (Å²) in [5, 5.41) is 9.49. The first-order chi connectivity index (χ1) is 11.6. The normalized spacial score (nSPS) is 30.0. The summed E-state index contributed by atoms with van der Waals surface area (Å²) < 4.78 is 0. The van der Waals surface area contributed by atoms with E-state index in [0.717, 1.165) is 25.2 Å². The first kappa shape index (κ1) is 17.7. The predicted octanol–water partition coefficient (Wildman–Crippen LogP) is 4.50. The Morgan fingerprint density at radius 2 is 2.17 bits per heavy atom. The Morgan fingerprint density at radius 1 is 1.29 bits per heavy atom. The molecule has 2 heteroatoms. The largest absolute Gasteiger partial charge is 0.394 e. The smallest absolute Gasteiger partial charge is 0.0611 e. The summed E-state index contributed by atoms with van der Waals surface area (Å²) in [4.78, 5) is 0. The molecule has 0 spiro atoms. The van der Waals surface area contributed by atoms with Crippen molar-refractivity contribution < 1.29 is 5.11 Å². The summed E-state index contributed by atoms with van der Waals surface area (Å²) in [5.74, 6) is 1.40. The van der Waals surface area contributed by atoms with Crippen LogP contribution in [-0.2, 0) is 12.8 Å². The second-order valence-electron chi connectivity index (χ2n) is 8.10. The average molecular weight is 328 g/mol. The minimum absolute atomic E-state index is 0.114. The van der Waals surface area contributed by atoms with E-state index in [-0.39, 0.29) is 12.1 Å². The molecule has 3 atom stereocenters. The van der Waals surface area contributed by atoms with E-state index in [2.05, 4.69) is 37.3 Å². The van der Waals surface area contributed by atoms with Crippen LogP contribution in [0.2, 0.25) is 0 Å². The molecule has 0 aromatic heterocycles. The number of rotatable bonds is 6. The van der Waals surface area contributed by atoms with Gasteiger partial charge in [0.1, 0.15) is 0 Å². The molecule has 1 fully saturated rings. The van der Waals surface area contributed by atoms with Gasteiger partial charge in [-0.1, -0.05) is 30.4 Å². The molecular weight excluding hydrogens is 294 g/mol. The van der Waals surface area contributed by atoms with Gasteiger partial charge in [0.25, 0.3) is 0 Å².